The summed E-state index contributed by atoms with van der Waals surface area (Å²) in [4.78, 5) is 2.08. The lowest BCUT2D eigenvalue weighted by Crippen LogP contribution is -2.48. The van der Waals surface area contributed by atoms with Crippen molar-refractivity contribution in [1.82, 2.24) is 4.90 Å². The molecule has 0 saturated heterocycles. The van der Waals surface area contributed by atoms with Gasteiger partial charge in [0.15, 0.2) is 0 Å². The van der Waals surface area contributed by atoms with Crippen molar-refractivity contribution in [2.45, 2.75) is 25.7 Å². The summed E-state index contributed by atoms with van der Waals surface area (Å²) in [6.07, 6.45) is 4.43. The number of rotatable bonds is 15. The lowest BCUT2D eigenvalue weighted by Gasteiger charge is -2.33. The van der Waals surface area contributed by atoms with Crippen LogP contribution >= 0.6 is 0 Å². The first kappa shape index (κ1) is 20.8. The van der Waals surface area contributed by atoms with Crippen molar-refractivity contribution in [3.05, 3.63) is 0 Å². The molecule has 0 fully saturated rings. The Morgan fingerprint density at radius 1 is 0.619 bits per heavy atom. The first-order valence-corrected chi connectivity index (χ1v) is 8.11. The Morgan fingerprint density at radius 3 is 1.62 bits per heavy atom. The van der Waals surface area contributed by atoms with Gasteiger partial charge in [-0.15, -0.1) is 0 Å². The van der Waals surface area contributed by atoms with Crippen LogP contribution in [-0.2, 0) is 0 Å². The molecule has 0 saturated carbocycles. The fourth-order valence-electron chi connectivity index (χ4n) is 2.62. The van der Waals surface area contributed by atoms with Crippen molar-refractivity contribution < 1.29 is 24.9 Å². The minimum atomic E-state index is 0.137. The topological polar surface area (TPSA) is 84.2 Å². The summed E-state index contributed by atoms with van der Waals surface area (Å²) in [5.41, 5.74) is 0. The average Bonchev–Trinajstić information content (AvgIpc) is 2.43. The quantitative estimate of drug-likeness (QED) is 0.237. The van der Waals surface area contributed by atoms with Crippen LogP contribution in [0.15, 0.2) is 0 Å². The van der Waals surface area contributed by atoms with Crippen molar-refractivity contribution in [3.8, 4) is 0 Å². The van der Waals surface area contributed by atoms with Gasteiger partial charge in [0.1, 0.15) is 13.1 Å². The lowest BCUT2D eigenvalue weighted by molar-refractivity contribution is -0.910. The zero-order valence-corrected chi connectivity index (χ0v) is 13.6. The Labute approximate surface area is 129 Å². The van der Waals surface area contributed by atoms with Crippen LogP contribution in [0.25, 0.3) is 0 Å². The maximum absolute atomic E-state index is 9.09. The van der Waals surface area contributed by atoms with Gasteiger partial charge in [-0.1, -0.05) is 6.42 Å². The van der Waals surface area contributed by atoms with Gasteiger partial charge in [-0.05, 0) is 25.8 Å². The van der Waals surface area contributed by atoms with E-state index in [0.29, 0.717) is 26.2 Å². The largest absolute Gasteiger partial charge is 0.395 e. The average molecular weight is 307 g/mol. The second-order valence-corrected chi connectivity index (χ2v) is 5.94. The predicted octanol–water partition coefficient (Wildman–Crippen LogP) is -0.735. The second kappa shape index (κ2) is 13.4. The predicted molar refractivity (Wildman–Crippen MR) is 84.0 cm³/mol. The minimum absolute atomic E-state index is 0.137. The molecule has 0 aliphatic heterocycles. The molecule has 0 amide bonds. The molecule has 4 N–H and O–H groups in total. The van der Waals surface area contributed by atoms with Gasteiger partial charge >= 0.3 is 0 Å². The number of quaternary nitrogens is 1. The molecule has 21 heavy (non-hydrogen) atoms. The molecule has 0 spiro atoms. The summed E-state index contributed by atoms with van der Waals surface area (Å²) in [5, 5.41) is 36.0. The van der Waals surface area contributed by atoms with Gasteiger partial charge in [0.05, 0.1) is 40.0 Å². The zero-order chi connectivity index (χ0) is 16.0. The van der Waals surface area contributed by atoms with Crippen LogP contribution in [0.2, 0.25) is 0 Å². The van der Waals surface area contributed by atoms with Gasteiger partial charge < -0.3 is 24.9 Å². The van der Waals surface area contributed by atoms with Gasteiger partial charge in [-0.25, -0.2) is 0 Å². The number of aliphatic hydroxyl groups is 4. The first-order chi connectivity index (χ1) is 10.1. The summed E-state index contributed by atoms with van der Waals surface area (Å²) in [7, 11) is 2.08. The molecule has 0 atom stereocenters. The molecule has 0 aromatic heterocycles. The van der Waals surface area contributed by atoms with E-state index in [4.69, 9.17) is 20.4 Å². The van der Waals surface area contributed by atoms with E-state index >= 15 is 0 Å². The highest BCUT2D eigenvalue weighted by Gasteiger charge is 2.19. The second-order valence-electron chi connectivity index (χ2n) is 5.94. The van der Waals surface area contributed by atoms with Gasteiger partial charge in [0, 0.05) is 13.1 Å². The number of hydrogen-bond donors (Lipinski definition) is 4. The Morgan fingerprint density at radius 2 is 1.14 bits per heavy atom. The van der Waals surface area contributed by atoms with Gasteiger partial charge in [0.2, 0.25) is 0 Å². The number of aliphatic hydroxyl groups excluding tert-OH is 4. The van der Waals surface area contributed by atoms with Crippen molar-refractivity contribution >= 4 is 0 Å². The Hall–Kier alpha value is -0.240. The van der Waals surface area contributed by atoms with Crippen LogP contribution in [0.4, 0.5) is 0 Å². The van der Waals surface area contributed by atoms with Crippen LogP contribution in [-0.4, -0.2) is 103 Å². The SMILES string of the molecule is C[N+](CCO)(CCO)CCCCCCN(CCO)CCO. The third kappa shape index (κ3) is 11.0. The van der Waals surface area contributed by atoms with E-state index in [9.17, 15) is 0 Å². The van der Waals surface area contributed by atoms with Crippen LogP contribution in [0.1, 0.15) is 25.7 Å². The summed E-state index contributed by atoms with van der Waals surface area (Å²) >= 11 is 0. The molecule has 128 valence electrons. The maximum Gasteiger partial charge on any atom is 0.102 e. The van der Waals surface area contributed by atoms with E-state index in [1.165, 1.54) is 0 Å². The zero-order valence-electron chi connectivity index (χ0n) is 13.6. The molecule has 6 nitrogen and oxygen atoms in total. The van der Waals surface area contributed by atoms with E-state index in [1.54, 1.807) is 0 Å². The van der Waals surface area contributed by atoms with Gasteiger partial charge in [-0.2, -0.15) is 0 Å². The van der Waals surface area contributed by atoms with Gasteiger partial charge in [0.25, 0.3) is 0 Å². The number of likely N-dealkylation sites (N-methyl/N-ethyl adjacent to an activating group) is 1. The van der Waals surface area contributed by atoms with E-state index in [2.05, 4.69) is 11.9 Å². The third-order valence-corrected chi connectivity index (χ3v) is 4.03. The summed E-state index contributed by atoms with van der Waals surface area (Å²) in [6.45, 7) is 5.14. The number of nitrogens with zero attached hydrogens (tertiary/aromatic N) is 2. The lowest BCUT2D eigenvalue weighted by atomic mass is 10.1. The molecule has 0 radical (unpaired) electrons. The Kier molecular flexibility index (Phi) is 13.3. The molecule has 6 heteroatoms. The van der Waals surface area contributed by atoms with Crippen LogP contribution in [0.3, 0.4) is 0 Å². The smallest absolute Gasteiger partial charge is 0.102 e. The standard InChI is InChI=1S/C15H35N2O4/c1-17(10-14-20,11-15-21)9-5-3-2-4-6-16(7-12-18)8-13-19/h18-21H,2-15H2,1H3/q+1. The number of unbranched alkanes of at least 4 members (excludes halogenated alkanes) is 3. The van der Waals surface area contributed by atoms with Gasteiger partial charge in [-0.3, -0.25) is 4.90 Å². The van der Waals surface area contributed by atoms with Crippen molar-refractivity contribution in [1.29, 1.82) is 0 Å². The van der Waals surface area contributed by atoms with Crippen LogP contribution in [0.5, 0.6) is 0 Å². The highest BCUT2D eigenvalue weighted by atomic mass is 16.3. The minimum Gasteiger partial charge on any atom is -0.395 e. The molecular weight excluding hydrogens is 272 g/mol. The monoisotopic (exact) mass is 307 g/mol. The molecule has 0 bridgehead atoms. The molecule has 0 rings (SSSR count). The molecule has 0 heterocycles. The van der Waals surface area contributed by atoms with Crippen LogP contribution < -0.4 is 0 Å². The van der Waals surface area contributed by atoms with E-state index in [0.717, 1.165) is 43.3 Å². The highest BCUT2D eigenvalue weighted by molar-refractivity contribution is 4.57. The molecule has 0 aliphatic carbocycles. The summed E-state index contributed by atoms with van der Waals surface area (Å²) in [6, 6.07) is 0. The fraction of sp³-hybridized carbons (Fsp3) is 1.00. The summed E-state index contributed by atoms with van der Waals surface area (Å²) < 4.78 is 0.730. The fourth-order valence-corrected chi connectivity index (χ4v) is 2.62. The van der Waals surface area contributed by atoms with Crippen molar-refractivity contribution in [2.24, 2.45) is 0 Å². The molecule has 0 aromatic carbocycles. The van der Waals surface area contributed by atoms with E-state index in [1.807, 2.05) is 0 Å². The maximum atomic E-state index is 9.09. The summed E-state index contributed by atoms with van der Waals surface area (Å²) in [5.74, 6) is 0. The van der Waals surface area contributed by atoms with Crippen molar-refractivity contribution in [3.63, 3.8) is 0 Å². The van der Waals surface area contributed by atoms with Crippen LogP contribution in [0, 0.1) is 0 Å². The van der Waals surface area contributed by atoms with E-state index in [-0.39, 0.29) is 26.4 Å². The molecule has 0 unspecified atom stereocenters. The normalized spacial score (nSPS) is 12.3. The van der Waals surface area contributed by atoms with E-state index < -0.39 is 0 Å². The van der Waals surface area contributed by atoms with Crippen molar-refractivity contribution in [2.75, 3.05) is 72.7 Å². The third-order valence-electron chi connectivity index (χ3n) is 4.03. The molecule has 0 aromatic rings. The highest BCUT2D eigenvalue weighted by Crippen LogP contribution is 2.08. The Balaban J connectivity index is 3.73. The number of hydrogen-bond acceptors (Lipinski definition) is 5. The molecule has 0 aliphatic rings. The molecular formula is C15H35N2O4+. The first-order valence-electron chi connectivity index (χ1n) is 8.11. The Bertz CT molecular complexity index is 218.